The van der Waals surface area contributed by atoms with Gasteiger partial charge in [-0.2, -0.15) is 0 Å². The second-order valence-electron chi connectivity index (χ2n) is 13.1. The fourth-order valence-corrected chi connectivity index (χ4v) is 8.29. The van der Waals surface area contributed by atoms with E-state index in [9.17, 15) is 19.5 Å². The molecule has 0 aromatic carbocycles. The molecule has 2 saturated carbocycles. The van der Waals surface area contributed by atoms with Crippen LogP contribution in [-0.2, 0) is 14.3 Å². The Labute approximate surface area is 255 Å². The third-order valence-electron chi connectivity index (χ3n) is 10.7. The van der Waals surface area contributed by atoms with Gasteiger partial charge in [0.05, 0.1) is 18.9 Å². The fourth-order valence-electron chi connectivity index (χ4n) is 8.29. The first-order valence-corrected chi connectivity index (χ1v) is 14.9. The van der Waals surface area contributed by atoms with Crippen LogP contribution in [0.15, 0.2) is 58.4 Å². The number of fused-ring (bicyclic) bond motifs is 4. The second-order valence-corrected chi connectivity index (χ2v) is 13.1. The first-order chi connectivity index (χ1) is 20.9. The molecule has 11 nitrogen and oxygen atoms in total. The van der Waals surface area contributed by atoms with Crippen LogP contribution in [0.4, 0.5) is 0 Å². The molecule has 3 aromatic heterocycles. The van der Waals surface area contributed by atoms with Crippen molar-refractivity contribution in [3.63, 3.8) is 0 Å². The normalized spacial score (nSPS) is 34.0. The monoisotopic (exact) mass is 603 g/mol. The molecule has 6 rings (SSSR count). The van der Waals surface area contributed by atoms with Crippen LogP contribution in [0.1, 0.15) is 76.0 Å². The lowest BCUT2D eigenvalue weighted by Crippen LogP contribution is -2.70. The van der Waals surface area contributed by atoms with Crippen LogP contribution >= 0.6 is 0 Å². The number of aliphatic hydroxyl groups is 1. The summed E-state index contributed by atoms with van der Waals surface area (Å²) in [5.74, 6) is -1.36. The lowest BCUT2D eigenvalue weighted by molar-refractivity contribution is -0.257. The maximum atomic E-state index is 13.5. The number of hydrogen-bond acceptors (Lipinski definition) is 11. The zero-order valence-electron chi connectivity index (χ0n) is 25.5. The predicted molar refractivity (Wildman–Crippen MR) is 156 cm³/mol. The molecule has 0 bridgehead atoms. The number of carbonyl (C=O) groups is 2. The highest BCUT2D eigenvalue weighted by molar-refractivity contribution is 5.87. The van der Waals surface area contributed by atoms with Crippen LogP contribution in [0.5, 0.6) is 5.75 Å². The summed E-state index contributed by atoms with van der Waals surface area (Å²) in [6.07, 6.45) is 7.13. The average molecular weight is 604 g/mol. The molecule has 2 aliphatic carbocycles. The van der Waals surface area contributed by atoms with Gasteiger partial charge in [0.2, 0.25) is 0 Å². The third-order valence-corrected chi connectivity index (χ3v) is 10.7. The van der Waals surface area contributed by atoms with Crippen molar-refractivity contribution in [1.82, 2.24) is 15.0 Å². The highest BCUT2D eigenvalue weighted by Crippen LogP contribution is 2.68. The Hall–Kier alpha value is -4.12. The van der Waals surface area contributed by atoms with Crippen molar-refractivity contribution >= 4 is 11.9 Å². The Kier molecular flexibility index (Phi) is 7.34. The van der Waals surface area contributed by atoms with Gasteiger partial charge in [-0.3, -0.25) is 14.8 Å². The first-order valence-electron chi connectivity index (χ1n) is 14.9. The molecule has 1 aliphatic heterocycles. The standard InChI is InChI=1S/C33H37N3O8/c1-18-8-9-31(3)24(32(18,4)17-41-19(2)37)14-25(43-29(39)21-16-35-11-12-36-21)33(5)28(31)27(38)26-23(44-33)13-22(42-30(26)40)20-7-6-10-34-15-20/h6-7,10-13,15-16,18,24-25,27-28,38H,8-9,14,17H2,1-5H3/t18-,24?,25-,27-,28?,31-,32+,33+/m0/s1. The van der Waals surface area contributed by atoms with Gasteiger partial charge in [-0.05, 0) is 55.6 Å². The smallest absolute Gasteiger partial charge is 0.358 e. The van der Waals surface area contributed by atoms with E-state index in [1.54, 1.807) is 30.6 Å². The van der Waals surface area contributed by atoms with Crippen LogP contribution in [0, 0.1) is 28.6 Å². The van der Waals surface area contributed by atoms with Gasteiger partial charge < -0.3 is 23.7 Å². The van der Waals surface area contributed by atoms with E-state index in [1.807, 2.05) is 6.92 Å². The molecule has 0 spiro atoms. The number of aromatic nitrogens is 3. The number of hydrogen-bond donors (Lipinski definition) is 1. The number of nitrogens with zero attached hydrogens (tertiary/aromatic N) is 3. The topological polar surface area (TPSA) is 151 Å². The number of esters is 2. The van der Waals surface area contributed by atoms with E-state index in [4.69, 9.17) is 18.6 Å². The summed E-state index contributed by atoms with van der Waals surface area (Å²) in [6, 6.07) is 5.07. The molecule has 3 aromatic rings. The molecule has 8 atom stereocenters. The Morgan fingerprint density at radius 2 is 1.91 bits per heavy atom. The minimum atomic E-state index is -1.29. The van der Waals surface area contributed by atoms with Gasteiger partial charge in [-0.25, -0.2) is 14.6 Å². The first kappa shape index (κ1) is 29.9. The molecule has 0 amide bonds. The molecule has 2 unspecified atom stereocenters. The average Bonchev–Trinajstić information content (AvgIpc) is 2.99. The Bertz CT molecular complexity index is 1630. The summed E-state index contributed by atoms with van der Waals surface area (Å²) in [7, 11) is 0. The molecular formula is C33H37N3O8. The van der Waals surface area contributed by atoms with E-state index < -0.39 is 46.2 Å². The molecule has 1 N–H and O–H groups in total. The van der Waals surface area contributed by atoms with Crippen molar-refractivity contribution in [2.75, 3.05) is 6.61 Å². The zero-order valence-corrected chi connectivity index (χ0v) is 25.5. The number of pyridine rings is 1. The maximum absolute atomic E-state index is 13.5. The van der Waals surface area contributed by atoms with Gasteiger partial charge in [0.25, 0.3) is 0 Å². The van der Waals surface area contributed by atoms with E-state index >= 15 is 0 Å². The van der Waals surface area contributed by atoms with Crippen molar-refractivity contribution in [2.45, 2.75) is 71.7 Å². The Balaban J connectivity index is 1.49. The van der Waals surface area contributed by atoms with Gasteiger partial charge in [0, 0.05) is 54.7 Å². The van der Waals surface area contributed by atoms with Crippen LogP contribution in [0.2, 0.25) is 0 Å². The van der Waals surface area contributed by atoms with Crippen molar-refractivity contribution in [3.05, 3.63) is 70.9 Å². The Morgan fingerprint density at radius 1 is 1.14 bits per heavy atom. The predicted octanol–water partition coefficient (Wildman–Crippen LogP) is 4.54. The zero-order chi connectivity index (χ0) is 31.4. The van der Waals surface area contributed by atoms with Gasteiger partial charge >= 0.3 is 17.6 Å². The maximum Gasteiger partial charge on any atom is 0.358 e. The molecule has 2 fully saturated rings. The minimum absolute atomic E-state index is 0.0290. The highest BCUT2D eigenvalue weighted by Gasteiger charge is 2.70. The van der Waals surface area contributed by atoms with Gasteiger partial charge in [-0.15, -0.1) is 0 Å². The summed E-state index contributed by atoms with van der Waals surface area (Å²) in [5, 5.41) is 12.2. The summed E-state index contributed by atoms with van der Waals surface area (Å²) >= 11 is 0. The van der Waals surface area contributed by atoms with Crippen LogP contribution < -0.4 is 10.4 Å². The number of carbonyl (C=O) groups excluding carboxylic acids is 2. The van der Waals surface area contributed by atoms with E-state index in [1.165, 1.54) is 25.5 Å². The summed E-state index contributed by atoms with van der Waals surface area (Å²) in [4.78, 5) is 51.2. The Morgan fingerprint density at radius 3 is 2.59 bits per heavy atom. The lowest BCUT2D eigenvalue weighted by Gasteiger charge is -2.66. The molecule has 44 heavy (non-hydrogen) atoms. The van der Waals surface area contributed by atoms with Crippen molar-refractivity contribution in [1.29, 1.82) is 0 Å². The summed E-state index contributed by atoms with van der Waals surface area (Å²) in [6.45, 7) is 9.71. The van der Waals surface area contributed by atoms with E-state index in [0.717, 1.165) is 6.42 Å². The molecule has 0 radical (unpaired) electrons. The molecule has 0 saturated heterocycles. The van der Waals surface area contributed by atoms with Crippen molar-refractivity contribution in [2.24, 2.45) is 28.6 Å². The SMILES string of the molecule is CC(=O)OC[C@@]1(C)C2C[C@H](OC(=O)c3cnccn3)[C@@]3(C)Oc4cc(-c5cccnc5)oc(=O)c4[C@H](O)C3[C@@]2(C)CC[C@@H]1C. The van der Waals surface area contributed by atoms with E-state index in [0.29, 0.717) is 18.4 Å². The van der Waals surface area contributed by atoms with Gasteiger partial charge in [0.1, 0.15) is 28.8 Å². The van der Waals surface area contributed by atoms with Gasteiger partial charge in [-0.1, -0.05) is 20.8 Å². The molecule has 11 heteroatoms. The van der Waals surface area contributed by atoms with Crippen LogP contribution in [0.3, 0.4) is 0 Å². The molecule has 3 aliphatic rings. The second kappa shape index (κ2) is 10.8. The largest absolute Gasteiger partial charge is 0.482 e. The highest BCUT2D eigenvalue weighted by atomic mass is 16.6. The molecule has 4 heterocycles. The number of ether oxygens (including phenoxy) is 3. The molecule has 232 valence electrons. The van der Waals surface area contributed by atoms with E-state index in [2.05, 4.69) is 35.7 Å². The van der Waals surface area contributed by atoms with Crippen LogP contribution in [-0.4, -0.2) is 50.3 Å². The lowest BCUT2D eigenvalue weighted by atomic mass is 9.41. The minimum Gasteiger partial charge on any atom is -0.482 e. The number of rotatable bonds is 5. The van der Waals surface area contributed by atoms with Crippen molar-refractivity contribution in [3.8, 4) is 17.1 Å². The van der Waals surface area contributed by atoms with Crippen LogP contribution in [0.25, 0.3) is 11.3 Å². The number of aliphatic hydroxyl groups excluding tert-OH is 1. The fraction of sp³-hybridized carbons (Fsp3) is 0.515. The quantitative estimate of drug-likeness (QED) is 0.409. The summed E-state index contributed by atoms with van der Waals surface area (Å²) < 4.78 is 24.3. The van der Waals surface area contributed by atoms with Crippen molar-refractivity contribution < 1.29 is 33.3 Å². The third kappa shape index (κ3) is 4.68. The summed E-state index contributed by atoms with van der Waals surface area (Å²) in [5.41, 5.74) is -2.44. The van der Waals surface area contributed by atoms with E-state index in [-0.39, 0.29) is 47.2 Å². The van der Waals surface area contributed by atoms with Gasteiger partial charge in [0.15, 0.2) is 5.69 Å². The molecular weight excluding hydrogens is 566 g/mol.